The van der Waals surface area contributed by atoms with Crippen LogP contribution in [0.25, 0.3) is 0 Å². The topological polar surface area (TPSA) is 52.3 Å². The lowest BCUT2D eigenvalue weighted by Gasteiger charge is -2.18. The van der Waals surface area contributed by atoms with Gasteiger partial charge in [-0.25, -0.2) is 0 Å². The maximum atomic E-state index is 10.7. The third-order valence-electron chi connectivity index (χ3n) is 0.705. The average molecular weight is 144 g/mol. The van der Waals surface area contributed by atoms with E-state index >= 15 is 0 Å². The van der Waals surface area contributed by atoms with Crippen LogP contribution in [0.5, 0.6) is 0 Å². The molecule has 0 saturated heterocycles. The van der Waals surface area contributed by atoms with Gasteiger partial charge in [-0.15, -0.1) is 0 Å². The van der Waals surface area contributed by atoms with Crippen molar-refractivity contribution in [3.05, 3.63) is 6.54 Å². The van der Waals surface area contributed by atoms with Gasteiger partial charge in [0.25, 0.3) is 0 Å². The molecule has 0 amide bonds. The highest BCUT2D eigenvalue weighted by Gasteiger charge is 2.14. The van der Waals surface area contributed by atoms with E-state index < -0.39 is 5.60 Å². The van der Waals surface area contributed by atoms with Crippen molar-refractivity contribution in [3.8, 4) is 0 Å². The van der Waals surface area contributed by atoms with E-state index in [0.29, 0.717) is 0 Å². The van der Waals surface area contributed by atoms with Gasteiger partial charge in [0, 0.05) is 6.54 Å². The molecule has 3 heteroatoms. The SMILES string of the molecule is CC(C)(C)OC(=O)C[CH]N. The second-order valence-electron chi connectivity index (χ2n) is 3.03. The average Bonchev–Trinajstić information content (AvgIpc) is 1.59. The van der Waals surface area contributed by atoms with Gasteiger partial charge >= 0.3 is 5.97 Å². The summed E-state index contributed by atoms with van der Waals surface area (Å²) >= 11 is 0. The van der Waals surface area contributed by atoms with Gasteiger partial charge in [0.15, 0.2) is 0 Å². The summed E-state index contributed by atoms with van der Waals surface area (Å²) in [5.74, 6) is -0.282. The maximum Gasteiger partial charge on any atom is 0.307 e. The number of rotatable bonds is 2. The number of ether oxygens (including phenoxy) is 1. The minimum absolute atomic E-state index is 0.178. The van der Waals surface area contributed by atoms with E-state index in [1.165, 1.54) is 6.54 Å². The Hall–Kier alpha value is -0.570. The Morgan fingerprint density at radius 3 is 2.40 bits per heavy atom. The standard InChI is InChI=1S/C7H14NO2/c1-7(2,3)10-6(9)4-5-8/h5H,4,8H2,1-3H3. The van der Waals surface area contributed by atoms with Crippen LogP contribution < -0.4 is 5.73 Å². The summed E-state index contributed by atoms with van der Waals surface area (Å²) in [5.41, 5.74) is 4.62. The molecule has 10 heavy (non-hydrogen) atoms. The molecule has 0 aliphatic rings. The van der Waals surface area contributed by atoms with Crippen LogP contribution in [-0.4, -0.2) is 11.6 Å². The third kappa shape index (κ3) is 5.56. The van der Waals surface area contributed by atoms with Gasteiger partial charge in [-0.3, -0.25) is 4.79 Å². The van der Waals surface area contributed by atoms with Crippen LogP contribution in [-0.2, 0) is 9.53 Å². The van der Waals surface area contributed by atoms with Crippen molar-refractivity contribution in [1.82, 2.24) is 0 Å². The van der Waals surface area contributed by atoms with Gasteiger partial charge in [0.2, 0.25) is 0 Å². The molecule has 0 aromatic carbocycles. The molecule has 0 spiro atoms. The predicted octanol–water partition coefficient (Wildman–Crippen LogP) is 0.839. The van der Waals surface area contributed by atoms with Gasteiger partial charge in [-0.05, 0) is 20.8 Å². The highest BCUT2D eigenvalue weighted by Crippen LogP contribution is 2.07. The molecule has 0 atom stereocenters. The fourth-order valence-corrected chi connectivity index (χ4v) is 0.479. The molecular formula is C7H14NO2. The van der Waals surface area contributed by atoms with E-state index in [2.05, 4.69) is 0 Å². The highest BCUT2D eigenvalue weighted by molar-refractivity contribution is 5.70. The normalized spacial score (nSPS) is 11.2. The number of hydrogen-bond donors (Lipinski definition) is 1. The molecule has 0 heterocycles. The van der Waals surface area contributed by atoms with Crippen molar-refractivity contribution in [3.63, 3.8) is 0 Å². The third-order valence-corrected chi connectivity index (χ3v) is 0.705. The zero-order valence-electron chi connectivity index (χ0n) is 6.68. The quantitative estimate of drug-likeness (QED) is 0.584. The zero-order chi connectivity index (χ0) is 8.20. The van der Waals surface area contributed by atoms with Crippen molar-refractivity contribution in [2.75, 3.05) is 0 Å². The summed E-state index contributed by atoms with van der Waals surface area (Å²) in [6.45, 7) is 6.75. The minimum atomic E-state index is -0.403. The first kappa shape index (κ1) is 9.43. The lowest BCUT2D eigenvalue weighted by atomic mass is 10.2. The van der Waals surface area contributed by atoms with Crippen LogP contribution >= 0.6 is 0 Å². The first-order chi connectivity index (χ1) is 4.45. The highest BCUT2D eigenvalue weighted by atomic mass is 16.6. The molecule has 0 aliphatic carbocycles. The van der Waals surface area contributed by atoms with Crippen LogP contribution in [0.1, 0.15) is 27.2 Å². The molecule has 3 nitrogen and oxygen atoms in total. The molecule has 0 aliphatic heterocycles. The second-order valence-corrected chi connectivity index (χ2v) is 3.03. The van der Waals surface area contributed by atoms with E-state index in [-0.39, 0.29) is 12.4 Å². The Kier molecular flexibility index (Phi) is 3.36. The summed E-state index contributed by atoms with van der Waals surface area (Å²) < 4.78 is 4.93. The summed E-state index contributed by atoms with van der Waals surface area (Å²) in [6.07, 6.45) is 0.178. The number of esters is 1. The molecule has 0 bridgehead atoms. The maximum absolute atomic E-state index is 10.7. The smallest absolute Gasteiger partial charge is 0.307 e. The largest absolute Gasteiger partial charge is 0.460 e. The molecule has 0 fully saturated rings. The fourth-order valence-electron chi connectivity index (χ4n) is 0.479. The minimum Gasteiger partial charge on any atom is -0.460 e. The summed E-state index contributed by atoms with van der Waals surface area (Å²) in [5, 5.41) is 0. The lowest BCUT2D eigenvalue weighted by Crippen LogP contribution is -2.24. The second kappa shape index (κ2) is 3.56. The lowest BCUT2D eigenvalue weighted by molar-refractivity contribution is -0.154. The van der Waals surface area contributed by atoms with Crippen LogP contribution in [0, 0.1) is 6.54 Å². The molecule has 2 N–H and O–H groups in total. The van der Waals surface area contributed by atoms with Gasteiger partial charge in [-0.1, -0.05) is 0 Å². The number of carbonyl (C=O) groups is 1. The van der Waals surface area contributed by atoms with Crippen molar-refractivity contribution >= 4 is 5.97 Å². The van der Waals surface area contributed by atoms with E-state index in [0.717, 1.165) is 0 Å². The molecule has 0 aromatic heterocycles. The van der Waals surface area contributed by atoms with E-state index in [9.17, 15) is 4.79 Å². The van der Waals surface area contributed by atoms with Crippen molar-refractivity contribution in [2.24, 2.45) is 5.73 Å². The molecular weight excluding hydrogens is 130 g/mol. The summed E-state index contributed by atoms with van der Waals surface area (Å²) in [6, 6.07) is 0. The van der Waals surface area contributed by atoms with Crippen molar-refractivity contribution < 1.29 is 9.53 Å². The predicted molar refractivity (Wildman–Crippen MR) is 38.9 cm³/mol. The molecule has 1 radical (unpaired) electrons. The van der Waals surface area contributed by atoms with Gasteiger partial charge in [-0.2, -0.15) is 0 Å². The molecule has 0 unspecified atom stereocenters. The Morgan fingerprint density at radius 2 is 2.10 bits per heavy atom. The Morgan fingerprint density at radius 1 is 1.60 bits per heavy atom. The molecule has 0 aromatic rings. The van der Waals surface area contributed by atoms with Gasteiger partial charge < -0.3 is 10.5 Å². The van der Waals surface area contributed by atoms with Crippen LogP contribution in [0.15, 0.2) is 0 Å². The van der Waals surface area contributed by atoms with Gasteiger partial charge in [0.05, 0.1) is 6.42 Å². The van der Waals surface area contributed by atoms with Crippen LogP contribution in [0.4, 0.5) is 0 Å². The van der Waals surface area contributed by atoms with Gasteiger partial charge in [0.1, 0.15) is 5.60 Å². The molecule has 0 saturated carbocycles. The zero-order valence-corrected chi connectivity index (χ0v) is 6.68. The van der Waals surface area contributed by atoms with Crippen molar-refractivity contribution in [2.45, 2.75) is 32.8 Å². The number of carbonyl (C=O) groups excluding carboxylic acids is 1. The summed E-state index contributed by atoms with van der Waals surface area (Å²) in [4.78, 5) is 10.7. The first-order valence-corrected chi connectivity index (χ1v) is 3.21. The molecule has 0 rings (SSSR count). The Balaban J connectivity index is 3.58. The van der Waals surface area contributed by atoms with E-state index in [1.807, 2.05) is 20.8 Å². The Bertz CT molecular complexity index is 115. The first-order valence-electron chi connectivity index (χ1n) is 3.21. The van der Waals surface area contributed by atoms with Crippen LogP contribution in [0.3, 0.4) is 0 Å². The number of hydrogen-bond acceptors (Lipinski definition) is 3. The van der Waals surface area contributed by atoms with E-state index in [1.54, 1.807) is 0 Å². The van der Waals surface area contributed by atoms with Crippen molar-refractivity contribution in [1.29, 1.82) is 0 Å². The fraction of sp³-hybridized carbons (Fsp3) is 0.714. The monoisotopic (exact) mass is 144 g/mol. The Labute approximate surface area is 61.5 Å². The number of nitrogens with two attached hydrogens (primary N) is 1. The summed E-state index contributed by atoms with van der Waals surface area (Å²) in [7, 11) is 0. The van der Waals surface area contributed by atoms with Crippen LogP contribution in [0.2, 0.25) is 0 Å². The molecule has 59 valence electrons. The van der Waals surface area contributed by atoms with E-state index in [4.69, 9.17) is 10.5 Å².